The third-order valence-electron chi connectivity index (χ3n) is 3.38. The molecule has 0 saturated carbocycles. The molecule has 3 heteroatoms. The van der Waals surface area contributed by atoms with Crippen molar-refractivity contribution in [1.29, 1.82) is 5.26 Å². The average molecular weight is 261 g/mol. The zero-order valence-corrected chi connectivity index (χ0v) is 11.4. The van der Waals surface area contributed by atoms with Gasteiger partial charge in [-0.3, -0.25) is 0 Å². The summed E-state index contributed by atoms with van der Waals surface area (Å²) in [4.78, 5) is 4.75. The fraction of sp³-hybridized carbons (Fsp3) is 0.176. The minimum atomic E-state index is 0.485. The van der Waals surface area contributed by atoms with E-state index in [1.807, 2.05) is 18.2 Å². The normalized spacial score (nSPS) is 10.6. The second kappa shape index (κ2) is 5.18. The summed E-state index contributed by atoms with van der Waals surface area (Å²) in [6.45, 7) is 2.73. The van der Waals surface area contributed by atoms with Crippen molar-refractivity contribution >= 4 is 11.0 Å². The molecule has 98 valence electrons. The smallest absolute Gasteiger partial charge is 0.141 e. The molecule has 0 N–H and O–H groups in total. The van der Waals surface area contributed by atoms with Gasteiger partial charge in [-0.25, -0.2) is 4.98 Å². The molecule has 0 saturated heterocycles. The van der Waals surface area contributed by atoms with Crippen LogP contribution in [-0.4, -0.2) is 9.55 Å². The van der Waals surface area contributed by atoms with E-state index >= 15 is 0 Å². The average Bonchev–Trinajstić information content (AvgIpc) is 2.83. The molecule has 1 heterocycles. The first-order valence-corrected chi connectivity index (χ1v) is 6.69. The van der Waals surface area contributed by atoms with Crippen LogP contribution < -0.4 is 0 Å². The molecule has 0 aliphatic heterocycles. The Labute approximate surface area is 118 Å². The van der Waals surface area contributed by atoms with Crippen molar-refractivity contribution in [2.45, 2.75) is 19.9 Å². The number of benzene rings is 2. The van der Waals surface area contributed by atoms with E-state index in [1.54, 1.807) is 0 Å². The van der Waals surface area contributed by atoms with Gasteiger partial charge in [0.1, 0.15) is 5.82 Å². The molecule has 0 spiro atoms. The molecule has 0 unspecified atom stereocenters. The van der Waals surface area contributed by atoms with Gasteiger partial charge in [0.05, 0.1) is 23.5 Å². The molecule has 3 rings (SSSR count). The summed E-state index contributed by atoms with van der Waals surface area (Å²) in [5.41, 5.74) is 4.35. The lowest BCUT2D eigenvalue weighted by Crippen LogP contribution is -2.00. The van der Waals surface area contributed by atoms with Crippen LogP contribution in [0.3, 0.4) is 0 Å². The van der Waals surface area contributed by atoms with Crippen LogP contribution in [0.15, 0.2) is 48.5 Å². The number of fused-ring (bicyclic) bond motifs is 1. The highest BCUT2D eigenvalue weighted by atomic mass is 15.1. The molecule has 20 heavy (non-hydrogen) atoms. The molecular formula is C17H15N3. The molecular weight excluding hydrogens is 246 g/mol. The van der Waals surface area contributed by atoms with Crippen LogP contribution in [0, 0.1) is 18.3 Å². The third-order valence-corrected chi connectivity index (χ3v) is 3.38. The van der Waals surface area contributed by atoms with Gasteiger partial charge in [0, 0.05) is 12.1 Å². The summed E-state index contributed by atoms with van der Waals surface area (Å²) < 4.78 is 2.13. The van der Waals surface area contributed by atoms with Crippen LogP contribution in [0.4, 0.5) is 0 Å². The van der Waals surface area contributed by atoms with Crippen LogP contribution in [0.1, 0.15) is 12.0 Å². The maximum atomic E-state index is 8.86. The Kier molecular flexibility index (Phi) is 3.22. The van der Waals surface area contributed by atoms with Crippen LogP contribution in [0.5, 0.6) is 0 Å². The van der Waals surface area contributed by atoms with Crippen molar-refractivity contribution in [1.82, 2.24) is 9.55 Å². The molecule has 1 aromatic heterocycles. The van der Waals surface area contributed by atoms with E-state index in [1.165, 1.54) is 5.56 Å². The summed E-state index contributed by atoms with van der Waals surface area (Å²) in [5, 5.41) is 8.86. The Hall–Kier alpha value is -2.60. The molecule has 0 radical (unpaired) electrons. The highest BCUT2D eigenvalue weighted by molar-refractivity contribution is 5.81. The highest BCUT2D eigenvalue weighted by Gasteiger charge is 2.12. The highest BCUT2D eigenvalue weighted by Crippen LogP contribution is 2.25. The topological polar surface area (TPSA) is 41.6 Å². The number of imidazole rings is 1. The maximum absolute atomic E-state index is 8.86. The fourth-order valence-corrected chi connectivity index (χ4v) is 2.44. The van der Waals surface area contributed by atoms with Crippen molar-refractivity contribution in [3.63, 3.8) is 0 Å². The van der Waals surface area contributed by atoms with Gasteiger partial charge in [0.15, 0.2) is 0 Å². The molecule has 0 aliphatic rings. The van der Waals surface area contributed by atoms with E-state index in [0.717, 1.165) is 22.4 Å². The molecule has 0 atom stereocenters. The largest absolute Gasteiger partial charge is 0.323 e. The Balaban J connectivity index is 2.22. The van der Waals surface area contributed by atoms with Crippen LogP contribution in [-0.2, 0) is 6.54 Å². The minimum absolute atomic E-state index is 0.485. The predicted molar refractivity (Wildman–Crippen MR) is 80.1 cm³/mol. The van der Waals surface area contributed by atoms with E-state index in [2.05, 4.69) is 47.9 Å². The summed E-state index contributed by atoms with van der Waals surface area (Å²) >= 11 is 0. The van der Waals surface area contributed by atoms with Crippen molar-refractivity contribution < 1.29 is 0 Å². The second-order valence-electron chi connectivity index (χ2n) is 4.85. The molecule has 3 aromatic rings. The molecule has 2 aromatic carbocycles. The van der Waals surface area contributed by atoms with E-state index < -0.39 is 0 Å². The van der Waals surface area contributed by atoms with Crippen molar-refractivity contribution in [2.24, 2.45) is 0 Å². The number of aryl methyl sites for hydroxylation is 2. The summed E-state index contributed by atoms with van der Waals surface area (Å²) in [6.07, 6.45) is 0.485. The van der Waals surface area contributed by atoms with Gasteiger partial charge in [-0.1, -0.05) is 36.4 Å². The number of nitriles is 1. The lowest BCUT2D eigenvalue weighted by Gasteiger charge is -2.07. The first-order chi connectivity index (χ1) is 9.79. The van der Waals surface area contributed by atoms with Gasteiger partial charge in [-0.05, 0) is 24.6 Å². The molecule has 0 aliphatic carbocycles. The number of aromatic nitrogens is 2. The number of hydrogen-bond donors (Lipinski definition) is 0. The van der Waals surface area contributed by atoms with Crippen LogP contribution in [0.25, 0.3) is 22.4 Å². The Morgan fingerprint density at radius 3 is 2.70 bits per heavy atom. The lowest BCUT2D eigenvalue weighted by atomic mass is 10.2. The quantitative estimate of drug-likeness (QED) is 0.717. The monoisotopic (exact) mass is 261 g/mol. The Morgan fingerprint density at radius 2 is 1.95 bits per heavy atom. The van der Waals surface area contributed by atoms with E-state index in [9.17, 15) is 0 Å². The SMILES string of the molecule is Cc1ccc2c(c1)nc(-c1ccccc1)n2CCC#N. The van der Waals surface area contributed by atoms with E-state index in [0.29, 0.717) is 13.0 Å². The number of rotatable bonds is 3. The van der Waals surface area contributed by atoms with E-state index in [-0.39, 0.29) is 0 Å². The Morgan fingerprint density at radius 1 is 1.15 bits per heavy atom. The fourth-order valence-electron chi connectivity index (χ4n) is 2.44. The summed E-state index contributed by atoms with van der Waals surface area (Å²) in [6, 6.07) is 18.6. The molecule has 0 fully saturated rings. The van der Waals surface area contributed by atoms with Gasteiger partial charge in [-0.15, -0.1) is 0 Å². The molecule has 3 nitrogen and oxygen atoms in total. The van der Waals surface area contributed by atoms with E-state index in [4.69, 9.17) is 10.2 Å². The number of hydrogen-bond acceptors (Lipinski definition) is 2. The van der Waals surface area contributed by atoms with Crippen molar-refractivity contribution in [2.75, 3.05) is 0 Å². The zero-order chi connectivity index (χ0) is 13.9. The first kappa shape index (κ1) is 12.4. The van der Waals surface area contributed by atoms with Crippen LogP contribution >= 0.6 is 0 Å². The van der Waals surface area contributed by atoms with Crippen molar-refractivity contribution in [3.05, 3.63) is 54.1 Å². The second-order valence-corrected chi connectivity index (χ2v) is 4.85. The summed E-state index contributed by atoms with van der Waals surface area (Å²) in [7, 11) is 0. The number of nitrogens with zero attached hydrogens (tertiary/aromatic N) is 3. The Bertz CT molecular complexity index is 779. The standard InChI is InChI=1S/C17H15N3/c1-13-8-9-16-15(12-13)19-17(20(16)11-5-10-18)14-6-3-2-4-7-14/h2-4,6-9,12H,5,11H2,1H3. The van der Waals surface area contributed by atoms with Gasteiger partial charge >= 0.3 is 0 Å². The minimum Gasteiger partial charge on any atom is -0.323 e. The van der Waals surface area contributed by atoms with Gasteiger partial charge in [0.2, 0.25) is 0 Å². The molecule has 0 bridgehead atoms. The maximum Gasteiger partial charge on any atom is 0.141 e. The predicted octanol–water partition coefficient (Wildman–Crippen LogP) is 3.93. The zero-order valence-electron chi connectivity index (χ0n) is 11.4. The van der Waals surface area contributed by atoms with Crippen molar-refractivity contribution in [3.8, 4) is 17.5 Å². The lowest BCUT2D eigenvalue weighted by molar-refractivity contribution is 0.744. The summed E-state index contributed by atoms with van der Waals surface area (Å²) in [5.74, 6) is 0.932. The van der Waals surface area contributed by atoms with Gasteiger partial charge in [0.25, 0.3) is 0 Å². The van der Waals surface area contributed by atoms with Crippen LogP contribution in [0.2, 0.25) is 0 Å². The van der Waals surface area contributed by atoms with Gasteiger partial charge in [-0.2, -0.15) is 5.26 Å². The third kappa shape index (κ3) is 2.17. The molecule has 0 amide bonds. The first-order valence-electron chi connectivity index (χ1n) is 6.69. The van der Waals surface area contributed by atoms with Gasteiger partial charge < -0.3 is 4.57 Å².